The van der Waals surface area contributed by atoms with Crippen molar-refractivity contribution >= 4 is 17.6 Å². The first kappa shape index (κ1) is 18.2. The van der Waals surface area contributed by atoms with Gasteiger partial charge < -0.3 is 15.2 Å². The van der Waals surface area contributed by atoms with Gasteiger partial charge in [0.1, 0.15) is 11.4 Å². The van der Waals surface area contributed by atoms with Crippen LogP contribution in [0.2, 0.25) is 0 Å². The lowest BCUT2D eigenvalue weighted by Crippen LogP contribution is -2.53. The summed E-state index contributed by atoms with van der Waals surface area (Å²) in [6.45, 7) is 3.89. The first-order chi connectivity index (χ1) is 14.1. The highest BCUT2D eigenvalue weighted by Crippen LogP contribution is 2.38. The van der Waals surface area contributed by atoms with E-state index in [4.69, 9.17) is 5.73 Å². The molecule has 3 aliphatic heterocycles. The number of fused-ring (bicyclic) bond motifs is 1. The van der Waals surface area contributed by atoms with Crippen molar-refractivity contribution < 1.29 is 9.59 Å². The summed E-state index contributed by atoms with van der Waals surface area (Å²) in [7, 11) is 0. The highest BCUT2D eigenvalue weighted by Gasteiger charge is 2.56. The molecule has 1 radical (unpaired) electrons. The fourth-order valence-corrected chi connectivity index (χ4v) is 4.75. The number of nitrogens with two attached hydrogens (primary N) is 1. The molecule has 2 N–H and O–H groups in total. The van der Waals surface area contributed by atoms with Crippen molar-refractivity contribution in [3.63, 3.8) is 0 Å². The SMILES string of the molecule is NC(=O)[C@]12[CH]CCN1C(=O)N(c1ccc(-n3ccnc3CN3CCCC3)cc1)C2. The number of hydrogen-bond donors (Lipinski definition) is 1. The molecule has 1 atom stereocenters. The average molecular weight is 393 g/mol. The Balaban J connectivity index is 1.37. The lowest BCUT2D eigenvalue weighted by Gasteiger charge is -2.25. The van der Waals surface area contributed by atoms with E-state index in [1.165, 1.54) is 12.8 Å². The quantitative estimate of drug-likeness (QED) is 0.835. The third kappa shape index (κ3) is 2.90. The van der Waals surface area contributed by atoms with Gasteiger partial charge in [-0.05, 0) is 56.6 Å². The Labute approximate surface area is 169 Å². The lowest BCUT2D eigenvalue weighted by molar-refractivity contribution is -0.124. The van der Waals surface area contributed by atoms with Crippen molar-refractivity contribution in [2.24, 2.45) is 5.73 Å². The molecular formula is C21H25N6O2. The van der Waals surface area contributed by atoms with Gasteiger partial charge in [-0.2, -0.15) is 0 Å². The zero-order valence-electron chi connectivity index (χ0n) is 16.3. The van der Waals surface area contributed by atoms with Gasteiger partial charge in [0.2, 0.25) is 5.91 Å². The van der Waals surface area contributed by atoms with Crippen molar-refractivity contribution in [1.82, 2.24) is 19.4 Å². The van der Waals surface area contributed by atoms with E-state index in [2.05, 4.69) is 14.5 Å². The number of imidazole rings is 1. The van der Waals surface area contributed by atoms with Gasteiger partial charge in [-0.25, -0.2) is 9.78 Å². The molecule has 3 saturated heterocycles. The van der Waals surface area contributed by atoms with Gasteiger partial charge in [-0.1, -0.05) is 0 Å². The Morgan fingerprint density at radius 1 is 1.10 bits per heavy atom. The van der Waals surface area contributed by atoms with Gasteiger partial charge in [-0.3, -0.25) is 14.6 Å². The summed E-state index contributed by atoms with van der Waals surface area (Å²) in [5, 5.41) is 0. The maximum atomic E-state index is 12.9. The molecule has 0 bridgehead atoms. The van der Waals surface area contributed by atoms with Gasteiger partial charge in [0.15, 0.2) is 0 Å². The molecule has 0 saturated carbocycles. The Bertz CT molecular complexity index is 933. The smallest absolute Gasteiger partial charge is 0.325 e. The molecule has 0 spiro atoms. The number of urea groups is 1. The van der Waals surface area contributed by atoms with Crippen molar-refractivity contribution in [3.8, 4) is 5.69 Å². The predicted molar refractivity (Wildman–Crippen MR) is 108 cm³/mol. The van der Waals surface area contributed by atoms with Crippen LogP contribution in [-0.2, 0) is 11.3 Å². The monoisotopic (exact) mass is 393 g/mol. The maximum absolute atomic E-state index is 12.9. The Morgan fingerprint density at radius 3 is 2.52 bits per heavy atom. The van der Waals surface area contributed by atoms with E-state index in [0.29, 0.717) is 13.0 Å². The van der Waals surface area contributed by atoms with Crippen LogP contribution in [0.1, 0.15) is 25.1 Å². The van der Waals surface area contributed by atoms with Crippen LogP contribution in [-0.4, -0.2) is 63.0 Å². The molecular weight excluding hydrogens is 368 g/mol. The van der Waals surface area contributed by atoms with Crippen LogP contribution in [0.5, 0.6) is 0 Å². The Hall–Kier alpha value is -2.87. The van der Waals surface area contributed by atoms with Crippen LogP contribution < -0.4 is 10.6 Å². The molecule has 29 heavy (non-hydrogen) atoms. The van der Waals surface area contributed by atoms with Gasteiger partial charge in [0.25, 0.3) is 0 Å². The van der Waals surface area contributed by atoms with Crippen LogP contribution in [0.15, 0.2) is 36.7 Å². The predicted octanol–water partition coefficient (Wildman–Crippen LogP) is 1.54. The van der Waals surface area contributed by atoms with Gasteiger partial charge >= 0.3 is 6.03 Å². The van der Waals surface area contributed by atoms with E-state index in [-0.39, 0.29) is 12.6 Å². The van der Waals surface area contributed by atoms with E-state index < -0.39 is 11.4 Å². The standard InChI is InChI=1S/C21H25N6O2/c22-19(28)21-8-3-12-27(21)20(29)26(15-21)17-6-4-16(5-7-17)25-13-9-23-18(25)14-24-10-1-2-11-24/h4-9,13H,1-3,10-12,14-15H2,(H2,22,28)/t21-/m1/s1. The summed E-state index contributed by atoms with van der Waals surface area (Å²) < 4.78 is 2.09. The molecule has 8 heteroatoms. The Morgan fingerprint density at radius 2 is 1.83 bits per heavy atom. The second-order valence-electron chi connectivity index (χ2n) is 8.01. The highest BCUT2D eigenvalue weighted by molar-refractivity contribution is 6.04. The van der Waals surface area contributed by atoms with E-state index in [1.807, 2.05) is 43.1 Å². The number of carbonyl (C=O) groups excluding carboxylic acids is 2. The molecule has 5 rings (SSSR count). The van der Waals surface area contributed by atoms with Crippen LogP contribution in [0, 0.1) is 6.42 Å². The van der Waals surface area contributed by atoms with Crippen LogP contribution >= 0.6 is 0 Å². The third-order valence-corrected chi connectivity index (χ3v) is 6.32. The molecule has 8 nitrogen and oxygen atoms in total. The van der Waals surface area contributed by atoms with Crippen molar-refractivity contribution in [3.05, 3.63) is 48.9 Å². The summed E-state index contributed by atoms with van der Waals surface area (Å²) >= 11 is 0. The van der Waals surface area contributed by atoms with Gasteiger partial charge in [-0.15, -0.1) is 0 Å². The molecule has 3 aliphatic rings. The number of carbonyl (C=O) groups is 2. The van der Waals surface area contributed by atoms with E-state index >= 15 is 0 Å². The largest absolute Gasteiger partial charge is 0.368 e. The number of aromatic nitrogens is 2. The third-order valence-electron chi connectivity index (χ3n) is 6.32. The molecule has 1 aromatic carbocycles. The molecule has 4 heterocycles. The number of likely N-dealkylation sites (tertiary alicyclic amines) is 1. The van der Waals surface area contributed by atoms with Gasteiger partial charge in [0.05, 0.1) is 13.1 Å². The maximum Gasteiger partial charge on any atom is 0.325 e. The number of amides is 3. The van der Waals surface area contributed by atoms with Gasteiger partial charge in [0, 0.05) is 36.7 Å². The second kappa shape index (κ2) is 6.88. The summed E-state index contributed by atoms with van der Waals surface area (Å²) in [5.74, 6) is 0.548. The minimum Gasteiger partial charge on any atom is -0.368 e. The number of benzene rings is 1. The van der Waals surface area contributed by atoms with Crippen molar-refractivity contribution in [2.75, 3.05) is 31.1 Å². The molecule has 1 aromatic heterocycles. The number of primary amides is 1. The first-order valence-corrected chi connectivity index (χ1v) is 10.2. The topological polar surface area (TPSA) is 87.7 Å². The minimum absolute atomic E-state index is 0.164. The van der Waals surface area contributed by atoms with Crippen molar-refractivity contribution in [2.45, 2.75) is 31.3 Å². The van der Waals surface area contributed by atoms with E-state index in [1.54, 1.807) is 9.80 Å². The van der Waals surface area contributed by atoms with E-state index in [0.717, 1.165) is 36.8 Å². The lowest BCUT2D eigenvalue weighted by atomic mass is 9.96. The average Bonchev–Trinajstić information content (AvgIpc) is 3.49. The second-order valence-corrected chi connectivity index (χ2v) is 8.01. The summed E-state index contributed by atoms with van der Waals surface area (Å²) in [6.07, 6.45) is 8.86. The molecule has 0 unspecified atom stereocenters. The summed E-state index contributed by atoms with van der Waals surface area (Å²) in [5.41, 5.74) is 6.43. The number of hydrogen-bond acceptors (Lipinski definition) is 4. The van der Waals surface area contributed by atoms with Crippen LogP contribution in [0.3, 0.4) is 0 Å². The fourth-order valence-electron chi connectivity index (χ4n) is 4.75. The number of rotatable bonds is 5. The van der Waals surface area contributed by atoms with E-state index in [9.17, 15) is 9.59 Å². The molecule has 0 aliphatic carbocycles. The molecule has 3 amide bonds. The first-order valence-electron chi connectivity index (χ1n) is 10.2. The summed E-state index contributed by atoms with van der Waals surface area (Å²) in [6, 6.07) is 7.65. The normalized spacial score (nSPS) is 24.5. The van der Waals surface area contributed by atoms with Crippen LogP contribution in [0.25, 0.3) is 5.69 Å². The fraction of sp³-hybridized carbons (Fsp3) is 0.429. The van der Waals surface area contributed by atoms with Crippen molar-refractivity contribution in [1.29, 1.82) is 0 Å². The minimum atomic E-state index is -0.983. The zero-order chi connectivity index (χ0) is 20.0. The Kier molecular flexibility index (Phi) is 4.31. The molecule has 2 aromatic rings. The molecule has 151 valence electrons. The number of nitrogens with zero attached hydrogens (tertiary/aromatic N) is 5. The highest BCUT2D eigenvalue weighted by atomic mass is 16.2. The number of anilines is 1. The zero-order valence-corrected chi connectivity index (χ0v) is 16.3. The molecule has 3 fully saturated rings. The summed E-state index contributed by atoms with van der Waals surface area (Å²) in [4.78, 5) is 35.1. The van der Waals surface area contributed by atoms with Crippen LogP contribution in [0.4, 0.5) is 10.5 Å².